The van der Waals surface area contributed by atoms with Crippen molar-refractivity contribution < 1.29 is 9.53 Å². The molecule has 1 unspecified atom stereocenters. The summed E-state index contributed by atoms with van der Waals surface area (Å²) in [5.74, 6) is 0.800. The summed E-state index contributed by atoms with van der Waals surface area (Å²) in [5, 5.41) is 0.964. The number of fused-ring (bicyclic) bond motifs is 3. The van der Waals surface area contributed by atoms with E-state index in [-0.39, 0.29) is 11.2 Å². The number of methoxy groups -OCH3 is 1. The van der Waals surface area contributed by atoms with Gasteiger partial charge in [-0.05, 0) is 54.4 Å². The number of hydrogen-bond acceptors (Lipinski definition) is 2. The van der Waals surface area contributed by atoms with Crippen molar-refractivity contribution in [1.82, 2.24) is 0 Å². The van der Waals surface area contributed by atoms with Crippen LogP contribution in [0.15, 0.2) is 12.1 Å². The Kier molecular flexibility index (Phi) is 4.26. The van der Waals surface area contributed by atoms with Crippen molar-refractivity contribution >= 4 is 34.6 Å². The Hall–Kier alpha value is -0.990. The van der Waals surface area contributed by atoms with Crippen LogP contribution >= 0.6 is 23.2 Å². The molecule has 118 valence electrons. The fourth-order valence-corrected chi connectivity index (χ4v) is 4.55. The molecule has 1 aromatic carbocycles. The van der Waals surface area contributed by atoms with E-state index in [0.29, 0.717) is 22.2 Å². The third kappa shape index (κ3) is 2.37. The maximum absolute atomic E-state index is 12.0. The first-order valence-corrected chi connectivity index (χ1v) is 8.58. The Morgan fingerprint density at radius 2 is 1.95 bits per heavy atom. The summed E-state index contributed by atoms with van der Waals surface area (Å²) >= 11 is 12.9. The van der Waals surface area contributed by atoms with Gasteiger partial charge in [0, 0.05) is 12.0 Å². The zero-order valence-corrected chi connectivity index (χ0v) is 14.5. The lowest BCUT2D eigenvalue weighted by atomic mass is 9.61. The third-order valence-electron chi connectivity index (χ3n) is 5.07. The number of carbonyl (C=O) groups excluding carboxylic acids is 1. The fourth-order valence-electron chi connectivity index (χ4n) is 4.01. The van der Waals surface area contributed by atoms with Crippen LogP contribution < -0.4 is 4.74 Å². The molecule has 0 fully saturated rings. The molecule has 1 atom stereocenters. The lowest BCUT2D eigenvalue weighted by Crippen LogP contribution is -2.32. The van der Waals surface area contributed by atoms with E-state index in [1.54, 1.807) is 7.11 Å². The van der Waals surface area contributed by atoms with Gasteiger partial charge >= 0.3 is 0 Å². The SMILES string of the molecule is CCCC12CCC(=O)C=C1c1c(cc(OC)c(Cl)c1Cl)CC2. The number of aryl methyl sites for hydroxylation is 1. The number of carbonyl (C=O) groups is 1. The highest BCUT2D eigenvalue weighted by molar-refractivity contribution is 6.44. The van der Waals surface area contributed by atoms with E-state index in [4.69, 9.17) is 27.9 Å². The second-order valence-corrected chi connectivity index (χ2v) is 7.05. The summed E-state index contributed by atoms with van der Waals surface area (Å²) in [6.07, 6.45) is 7.58. The molecular weight excluding hydrogens is 319 g/mol. The molecular formula is C18H20Cl2O2. The van der Waals surface area contributed by atoms with Crippen molar-refractivity contribution in [2.24, 2.45) is 5.41 Å². The molecule has 0 aliphatic heterocycles. The van der Waals surface area contributed by atoms with E-state index in [0.717, 1.165) is 48.8 Å². The Labute approximate surface area is 141 Å². The van der Waals surface area contributed by atoms with Gasteiger partial charge in [-0.25, -0.2) is 0 Å². The Morgan fingerprint density at radius 1 is 1.23 bits per heavy atom. The standard InChI is InChI=1S/C18H20Cl2O2/c1-3-6-18-7-4-11-9-14(22-2)16(19)17(20)15(11)13(18)10-12(21)5-8-18/h9-10H,3-8H2,1-2H3. The minimum Gasteiger partial charge on any atom is -0.495 e. The first-order chi connectivity index (χ1) is 10.5. The molecule has 4 heteroatoms. The Balaban J connectivity index is 2.23. The highest BCUT2D eigenvalue weighted by atomic mass is 35.5. The summed E-state index contributed by atoms with van der Waals surface area (Å²) in [4.78, 5) is 12.0. The van der Waals surface area contributed by atoms with Crippen LogP contribution in [0.25, 0.3) is 5.57 Å². The number of benzene rings is 1. The first-order valence-electron chi connectivity index (χ1n) is 7.82. The highest BCUT2D eigenvalue weighted by Crippen LogP contribution is 2.56. The number of rotatable bonds is 3. The largest absolute Gasteiger partial charge is 0.495 e. The van der Waals surface area contributed by atoms with Crippen LogP contribution in [-0.4, -0.2) is 12.9 Å². The molecule has 0 radical (unpaired) electrons. The Bertz CT molecular complexity index is 664. The zero-order valence-electron chi connectivity index (χ0n) is 13.0. The summed E-state index contributed by atoms with van der Waals surface area (Å²) in [6.45, 7) is 2.20. The summed E-state index contributed by atoms with van der Waals surface area (Å²) in [5.41, 5.74) is 3.29. The molecule has 0 N–H and O–H groups in total. The van der Waals surface area contributed by atoms with Crippen LogP contribution in [0, 0.1) is 5.41 Å². The summed E-state index contributed by atoms with van der Waals surface area (Å²) in [7, 11) is 1.59. The Morgan fingerprint density at radius 3 is 2.64 bits per heavy atom. The molecule has 2 aliphatic carbocycles. The second kappa shape index (κ2) is 5.90. The van der Waals surface area contributed by atoms with Gasteiger partial charge in [0.1, 0.15) is 10.8 Å². The van der Waals surface area contributed by atoms with Gasteiger partial charge in [0.05, 0.1) is 12.1 Å². The molecule has 0 heterocycles. The first kappa shape index (κ1) is 15.9. The van der Waals surface area contributed by atoms with Crippen molar-refractivity contribution in [1.29, 1.82) is 0 Å². The van der Waals surface area contributed by atoms with Gasteiger partial charge in [-0.3, -0.25) is 4.79 Å². The molecule has 0 amide bonds. The smallest absolute Gasteiger partial charge is 0.156 e. The van der Waals surface area contributed by atoms with Gasteiger partial charge in [-0.15, -0.1) is 0 Å². The van der Waals surface area contributed by atoms with Crippen LogP contribution in [0.2, 0.25) is 10.0 Å². The van der Waals surface area contributed by atoms with E-state index in [9.17, 15) is 4.79 Å². The predicted octanol–water partition coefficient (Wildman–Crippen LogP) is 5.48. The number of ketones is 1. The maximum Gasteiger partial charge on any atom is 0.156 e. The number of ether oxygens (including phenoxy) is 1. The van der Waals surface area contributed by atoms with E-state index in [1.165, 1.54) is 0 Å². The van der Waals surface area contributed by atoms with Gasteiger partial charge in [0.2, 0.25) is 0 Å². The van der Waals surface area contributed by atoms with Crippen LogP contribution in [0.4, 0.5) is 0 Å². The topological polar surface area (TPSA) is 26.3 Å². The van der Waals surface area contributed by atoms with Gasteiger partial charge < -0.3 is 4.74 Å². The van der Waals surface area contributed by atoms with Crippen molar-refractivity contribution in [2.75, 3.05) is 7.11 Å². The third-order valence-corrected chi connectivity index (χ3v) is 5.92. The molecule has 22 heavy (non-hydrogen) atoms. The quantitative estimate of drug-likeness (QED) is 0.729. The average Bonchev–Trinajstić information content (AvgIpc) is 2.51. The van der Waals surface area contributed by atoms with Crippen molar-refractivity contribution in [3.63, 3.8) is 0 Å². The van der Waals surface area contributed by atoms with Gasteiger partial charge in [0.15, 0.2) is 5.78 Å². The monoisotopic (exact) mass is 338 g/mol. The van der Waals surface area contributed by atoms with Crippen molar-refractivity contribution in [3.8, 4) is 5.75 Å². The molecule has 0 bridgehead atoms. The molecule has 1 aromatic rings. The second-order valence-electron chi connectivity index (χ2n) is 6.30. The molecule has 0 saturated heterocycles. The van der Waals surface area contributed by atoms with Gasteiger partial charge in [0.25, 0.3) is 0 Å². The molecule has 2 aliphatic rings. The lowest BCUT2D eigenvalue weighted by Gasteiger charge is -2.43. The lowest BCUT2D eigenvalue weighted by molar-refractivity contribution is -0.115. The normalized spacial score (nSPS) is 23.6. The van der Waals surface area contributed by atoms with E-state index < -0.39 is 0 Å². The van der Waals surface area contributed by atoms with E-state index >= 15 is 0 Å². The minimum absolute atomic E-state index is 0.0806. The highest BCUT2D eigenvalue weighted by Gasteiger charge is 2.42. The number of allylic oxidation sites excluding steroid dienone is 2. The van der Waals surface area contributed by atoms with Crippen molar-refractivity contribution in [3.05, 3.63) is 33.3 Å². The molecule has 2 nitrogen and oxygen atoms in total. The zero-order chi connectivity index (χ0) is 15.9. The van der Waals surface area contributed by atoms with Gasteiger partial charge in [-0.2, -0.15) is 0 Å². The number of hydrogen-bond donors (Lipinski definition) is 0. The van der Waals surface area contributed by atoms with Crippen LogP contribution in [0.5, 0.6) is 5.75 Å². The molecule has 0 aromatic heterocycles. The predicted molar refractivity (Wildman–Crippen MR) is 90.9 cm³/mol. The average molecular weight is 339 g/mol. The maximum atomic E-state index is 12.0. The molecule has 3 rings (SSSR count). The summed E-state index contributed by atoms with van der Waals surface area (Å²) in [6, 6.07) is 1.97. The van der Waals surface area contributed by atoms with Crippen LogP contribution in [0.1, 0.15) is 50.2 Å². The fraction of sp³-hybridized carbons (Fsp3) is 0.500. The van der Waals surface area contributed by atoms with Gasteiger partial charge in [-0.1, -0.05) is 36.5 Å². The van der Waals surface area contributed by atoms with Crippen molar-refractivity contribution in [2.45, 2.75) is 45.4 Å². The van der Waals surface area contributed by atoms with E-state index in [2.05, 4.69) is 6.92 Å². The van der Waals surface area contributed by atoms with Crippen LogP contribution in [-0.2, 0) is 11.2 Å². The molecule has 0 spiro atoms. The van der Waals surface area contributed by atoms with Crippen LogP contribution in [0.3, 0.4) is 0 Å². The number of halogens is 2. The minimum atomic E-state index is 0.0806. The molecule has 0 saturated carbocycles. The summed E-state index contributed by atoms with van der Waals surface area (Å²) < 4.78 is 5.32. The van der Waals surface area contributed by atoms with E-state index in [1.807, 2.05) is 12.1 Å².